The Labute approximate surface area is 229 Å². The van der Waals surface area contributed by atoms with Gasteiger partial charge in [0, 0.05) is 34.3 Å². The molecule has 1 aromatic carbocycles. The number of Topliss-reactive ketones (excluding diaryl/α,β-unsaturated/α-hetero) is 1. The molecule has 5 rings (SSSR count). The van der Waals surface area contributed by atoms with Crippen LogP contribution in [0.25, 0.3) is 0 Å². The average Bonchev–Trinajstić information content (AvgIpc) is 3.51. The Kier molecular flexibility index (Phi) is 7.20. The molecule has 0 saturated heterocycles. The van der Waals surface area contributed by atoms with E-state index in [0.717, 1.165) is 23.1 Å². The molecule has 38 heavy (non-hydrogen) atoms. The molecule has 3 heterocycles. The zero-order valence-electron chi connectivity index (χ0n) is 19.8. The van der Waals surface area contributed by atoms with Crippen molar-refractivity contribution in [1.82, 2.24) is 15.4 Å². The van der Waals surface area contributed by atoms with Gasteiger partial charge in [0.2, 0.25) is 11.0 Å². The summed E-state index contributed by atoms with van der Waals surface area (Å²) in [7, 11) is 0. The number of aromatic nitrogens is 3. The fourth-order valence-electron chi connectivity index (χ4n) is 4.46. The number of amides is 1. The molecule has 0 saturated carbocycles. The van der Waals surface area contributed by atoms with Crippen molar-refractivity contribution >= 4 is 57.3 Å². The molecular formula is C24H19ClFN7O3S2. The van der Waals surface area contributed by atoms with Crippen LogP contribution >= 0.6 is 34.7 Å². The van der Waals surface area contributed by atoms with Crippen molar-refractivity contribution in [3.63, 3.8) is 0 Å². The van der Waals surface area contributed by atoms with E-state index in [-0.39, 0.29) is 51.4 Å². The maximum absolute atomic E-state index is 15.0. The predicted octanol–water partition coefficient (Wildman–Crippen LogP) is 4.66. The molecule has 14 heteroatoms. The smallest absolute Gasteiger partial charge is 0.236 e. The first kappa shape index (κ1) is 25.9. The lowest BCUT2D eigenvalue weighted by Gasteiger charge is -2.38. The zero-order valence-corrected chi connectivity index (χ0v) is 22.2. The minimum absolute atomic E-state index is 0.00214. The van der Waals surface area contributed by atoms with Gasteiger partial charge < -0.3 is 15.6 Å². The number of nitrogens with one attached hydrogen (secondary N) is 1. The van der Waals surface area contributed by atoms with Crippen LogP contribution in [0, 0.1) is 24.1 Å². The number of rotatable bonds is 6. The van der Waals surface area contributed by atoms with Crippen molar-refractivity contribution in [3.05, 3.63) is 69.1 Å². The van der Waals surface area contributed by atoms with Crippen LogP contribution in [0.3, 0.4) is 0 Å². The fourth-order valence-corrected chi connectivity index (χ4v) is 6.42. The van der Waals surface area contributed by atoms with Crippen molar-refractivity contribution in [2.45, 2.75) is 36.4 Å². The van der Waals surface area contributed by atoms with Gasteiger partial charge in [0.15, 0.2) is 15.9 Å². The molecule has 0 radical (unpaired) electrons. The number of carbonyl (C=O) groups excluding carboxylic acids is 2. The number of ketones is 1. The molecule has 1 atom stereocenters. The van der Waals surface area contributed by atoms with E-state index in [4.69, 9.17) is 21.9 Å². The minimum atomic E-state index is -1.03. The molecule has 2 aliphatic rings. The van der Waals surface area contributed by atoms with E-state index in [1.165, 1.54) is 23.1 Å². The lowest BCUT2D eigenvalue weighted by atomic mass is 9.75. The standard InChI is InChI=1S/C24H19ClFN7O3S2/c1-11-8-17(32-36-11)29-18(35)10-37-24-31-30-23(38-24)33-15-6-3-7-16(34)21(15)19(12(9-27)22(33)28)20-13(25)4-2-5-14(20)26/h2,4-5,8,19H,3,6-7,10,28H2,1H3,(H,29,32,35). The van der Waals surface area contributed by atoms with Crippen LogP contribution in [-0.4, -0.2) is 32.8 Å². The maximum Gasteiger partial charge on any atom is 0.236 e. The van der Waals surface area contributed by atoms with E-state index in [1.54, 1.807) is 13.0 Å². The molecule has 0 bridgehead atoms. The zero-order chi connectivity index (χ0) is 27.0. The molecule has 194 valence electrons. The Morgan fingerprint density at radius 2 is 2.24 bits per heavy atom. The number of thioether (sulfide) groups is 1. The molecule has 3 aromatic rings. The van der Waals surface area contributed by atoms with E-state index in [1.807, 2.05) is 0 Å². The number of benzene rings is 1. The molecule has 1 amide bonds. The summed E-state index contributed by atoms with van der Waals surface area (Å²) in [5.74, 6) is -1.23. The van der Waals surface area contributed by atoms with Gasteiger partial charge >= 0.3 is 0 Å². The number of hydrogen-bond donors (Lipinski definition) is 2. The molecule has 0 spiro atoms. The summed E-state index contributed by atoms with van der Waals surface area (Å²) < 4.78 is 20.4. The largest absolute Gasteiger partial charge is 0.384 e. The second-order valence-electron chi connectivity index (χ2n) is 8.46. The second-order valence-corrected chi connectivity index (χ2v) is 11.0. The number of hydrogen-bond acceptors (Lipinski definition) is 11. The number of allylic oxidation sites excluding steroid dienone is 3. The fraction of sp³-hybridized carbons (Fsp3) is 0.250. The summed E-state index contributed by atoms with van der Waals surface area (Å²) in [5.41, 5.74) is 7.34. The van der Waals surface area contributed by atoms with Crippen LogP contribution in [0.5, 0.6) is 0 Å². The van der Waals surface area contributed by atoms with Gasteiger partial charge in [-0.1, -0.05) is 45.9 Å². The quantitative estimate of drug-likeness (QED) is 0.399. The second kappa shape index (κ2) is 10.6. The maximum atomic E-state index is 15.0. The predicted molar refractivity (Wildman–Crippen MR) is 140 cm³/mol. The molecular weight excluding hydrogens is 553 g/mol. The first-order chi connectivity index (χ1) is 18.3. The van der Waals surface area contributed by atoms with E-state index < -0.39 is 11.7 Å². The number of anilines is 2. The molecule has 10 nitrogen and oxygen atoms in total. The minimum Gasteiger partial charge on any atom is -0.384 e. The number of nitrogens with zero attached hydrogens (tertiary/aromatic N) is 5. The van der Waals surface area contributed by atoms with Crippen molar-refractivity contribution in [3.8, 4) is 6.07 Å². The van der Waals surface area contributed by atoms with Gasteiger partial charge in [0.25, 0.3) is 0 Å². The highest BCUT2D eigenvalue weighted by molar-refractivity contribution is 8.01. The summed E-state index contributed by atoms with van der Waals surface area (Å²) in [6, 6.07) is 7.88. The Hall–Kier alpha value is -3.73. The Morgan fingerprint density at radius 3 is 2.95 bits per heavy atom. The van der Waals surface area contributed by atoms with Crippen molar-refractivity contribution in [2.24, 2.45) is 5.73 Å². The lowest BCUT2D eigenvalue weighted by Crippen LogP contribution is -2.39. The van der Waals surface area contributed by atoms with Crippen molar-refractivity contribution in [1.29, 1.82) is 5.26 Å². The third-order valence-electron chi connectivity index (χ3n) is 6.01. The summed E-state index contributed by atoms with van der Waals surface area (Å²) in [4.78, 5) is 27.0. The number of nitriles is 1. The topological polar surface area (TPSA) is 151 Å². The van der Waals surface area contributed by atoms with Crippen LogP contribution in [0.2, 0.25) is 5.02 Å². The monoisotopic (exact) mass is 571 g/mol. The van der Waals surface area contributed by atoms with Gasteiger partial charge in [0.05, 0.1) is 23.3 Å². The third kappa shape index (κ3) is 4.78. The van der Waals surface area contributed by atoms with Crippen LogP contribution in [0.4, 0.5) is 15.3 Å². The molecule has 1 aliphatic heterocycles. The van der Waals surface area contributed by atoms with Gasteiger partial charge in [-0.15, -0.1) is 10.2 Å². The summed E-state index contributed by atoms with van der Waals surface area (Å²) in [6.45, 7) is 1.71. The van der Waals surface area contributed by atoms with E-state index in [2.05, 4.69) is 26.7 Å². The van der Waals surface area contributed by atoms with Crippen molar-refractivity contribution < 1.29 is 18.5 Å². The van der Waals surface area contributed by atoms with Gasteiger partial charge in [0.1, 0.15) is 17.4 Å². The van der Waals surface area contributed by atoms with Crippen molar-refractivity contribution in [2.75, 3.05) is 16.0 Å². The summed E-state index contributed by atoms with van der Waals surface area (Å²) in [5, 5.41) is 25.2. The Balaban J connectivity index is 1.47. The summed E-state index contributed by atoms with van der Waals surface area (Å²) >= 11 is 8.66. The molecule has 1 unspecified atom stereocenters. The Bertz CT molecular complexity index is 1540. The Morgan fingerprint density at radius 1 is 1.42 bits per heavy atom. The van der Waals surface area contributed by atoms with E-state index >= 15 is 4.39 Å². The van der Waals surface area contributed by atoms with E-state index in [0.29, 0.717) is 39.6 Å². The molecule has 2 aromatic heterocycles. The third-order valence-corrected chi connectivity index (χ3v) is 8.38. The van der Waals surface area contributed by atoms with Gasteiger partial charge in [-0.25, -0.2) is 4.39 Å². The van der Waals surface area contributed by atoms with Crippen LogP contribution in [-0.2, 0) is 9.59 Å². The molecule has 3 N–H and O–H groups in total. The van der Waals surface area contributed by atoms with Gasteiger partial charge in [-0.05, 0) is 31.9 Å². The molecule has 0 fully saturated rings. The molecule has 1 aliphatic carbocycles. The number of carbonyl (C=O) groups is 2. The van der Waals surface area contributed by atoms with E-state index in [9.17, 15) is 14.9 Å². The first-order valence-electron chi connectivity index (χ1n) is 11.4. The first-order valence-corrected chi connectivity index (χ1v) is 13.6. The highest BCUT2D eigenvalue weighted by Crippen LogP contribution is 2.48. The number of nitrogens with two attached hydrogens (primary N) is 1. The SMILES string of the molecule is Cc1cc(NC(=O)CSc2nnc(N3C(N)=C(C#N)C(c4c(F)cccc4Cl)C4=C3CCCC4=O)s2)no1. The number of halogens is 2. The van der Waals surface area contributed by atoms with Gasteiger partial charge in [-0.2, -0.15) is 5.26 Å². The highest BCUT2D eigenvalue weighted by Gasteiger charge is 2.42. The normalized spacial score (nSPS) is 17.5. The number of aryl methyl sites for hydroxylation is 1. The van der Waals surface area contributed by atoms with Crippen LogP contribution in [0.15, 0.2) is 55.8 Å². The highest BCUT2D eigenvalue weighted by atomic mass is 35.5. The summed E-state index contributed by atoms with van der Waals surface area (Å²) in [6.07, 6.45) is 1.28. The lowest BCUT2D eigenvalue weighted by molar-refractivity contribution is -0.116. The van der Waals surface area contributed by atoms with Crippen LogP contribution < -0.4 is 16.0 Å². The average molecular weight is 572 g/mol. The van der Waals surface area contributed by atoms with Crippen LogP contribution in [0.1, 0.15) is 36.5 Å². The van der Waals surface area contributed by atoms with Gasteiger partial charge in [-0.3, -0.25) is 14.5 Å².